The molecule has 0 rings (SSSR count). The fourth-order valence-corrected chi connectivity index (χ4v) is 7.42. The Bertz CT molecular complexity index is 1090. The first-order valence-electron chi connectivity index (χ1n) is 24.0. The lowest BCUT2D eigenvalue weighted by atomic mass is 10.0. The number of amides is 1. The van der Waals surface area contributed by atoms with E-state index in [2.05, 4.69) is 55.6 Å². The standard InChI is InChI=1S/C49H93N2O6P/c1-6-8-10-12-14-15-16-17-18-19-20-21-22-23-24-25-26-27-28-29-30-31-32-33-34-35-37-39-41-43-49(53)50-47(48(52)42-40-38-36-13-11-9-7-2)46-57-58(54,55)56-45-44-51(3,4)5/h11,13,16-17,19-20,40,42,47-48,52H,6-10,12,14-15,18,21-39,41,43-46H2,1-5H3,(H-,50,53,54,55)/p+1/b13-11+,17-16-,20-19-,42-40+. The average Bonchev–Trinajstić information content (AvgIpc) is 3.17. The van der Waals surface area contributed by atoms with Crippen molar-refractivity contribution in [2.45, 2.75) is 219 Å². The second-order valence-corrected chi connectivity index (χ2v) is 18.9. The van der Waals surface area contributed by atoms with E-state index in [0.717, 1.165) is 51.4 Å². The summed E-state index contributed by atoms with van der Waals surface area (Å²) in [6.07, 6.45) is 52.4. The van der Waals surface area contributed by atoms with E-state index in [-0.39, 0.29) is 19.1 Å². The Kier molecular flexibility index (Phi) is 39.8. The van der Waals surface area contributed by atoms with Gasteiger partial charge in [-0.15, -0.1) is 0 Å². The fourth-order valence-electron chi connectivity index (χ4n) is 6.68. The minimum Gasteiger partial charge on any atom is -0.387 e. The number of aliphatic hydroxyl groups is 1. The van der Waals surface area contributed by atoms with Gasteiger partial charge in [0.1, 0.15) is 13.2 Å². The van der Waals surface area contributed by atoms with Crippen molar-refractivity contribution in [1.29, 1.82) is 0 Å². The van der Waals surface area contributed by atoms with Gasteiger partial charge >= 0.3 is 7.82 Å². The van der Waals surface area contributed by atoms with Crippen LogP contribution in [0.15, 0.2) is 48.6 Å². The molecule has 0 aromatic carbocycles. The summed E-state index contributed by atoms with van der Waals surface area (Å²) in [5, 5.41) is 13.7. The summed E-state index contributed by atoms with van der Waals surface area (Å²) in [5.74, 6) is -0.192. The number of hydrogen-bond acceptors (Lipinski definition) is 5. The molecule has 8 nitrogen and oxygen atoms in total. The van der Waals surface area contributed by atoms with Crippen LogP contribution in [-0.4, -0.2) is 73.4 Å². The molecule has 58 heavy (non-hydrogen) atoms. The molecule has 0 spiro atoms. The lowest BCUT2D eigenvalue weighted by Gasteiger charge is -2.25. The van der Waals surface area contributed by atoms with E-state index in [1.165, 1.54) is 135 Å². The van der Waals surface area contributed by atoms with Crippen molar-refractivity contribution in [3.63, 3.8) is 0 Å². The third-order valence-electron chi connectivity index (χ3n) is 10.5. The number of likely N-dealkylation sites (N-methyl/N-ethyl adjacent to an activating group) is 1. The van der Waals surface area contributed by atoms with Gasteiger partial charge in [-0.2, -0.15) is 0 Å². The molecule has 0 fully saturated rings. The fraction of sp³-hybridized carbons (Fsp3) is 0.816. The zero-order chi connectivity index (χ0) is 42.8. The number of rotatable bonds is 43. The van der Waals surface area contributed by atoms with Gasteiger partial charge in [-0.3, -0.25) is 13.8 Å². The van der Waals surface area contributed by atoms with Crippen molar-refractivity contribution >= 4 is 13.7 Å². The summed E-state index contributed by atoms with van der Waals surface area (Å²) >= 11 is 0. The highest BCUT2D eigenvalue weighted by atomic mass is 31.2. The van der Waals surface area contributed by atoms with Gasteiger partial charge in [0, 0.05) is 6.42 Å². The van der Waals surface area contributed by atoms with Crippen molar-refractivity contribution in [3.05, 3.63) is 48.6 Å². The third kappa shape index (κ3) is 42.6. The van der Waals surface area contributed by atoms with Gasteiger partial charge in [0.2, 0.25) is 5.91 Å². The number of carbonyl (C=O) groups excluding carboxylic acids is 1. The molecule has 1 amide bonds. The Labute approximate surface area is 359 Å². The largest absolute Gasteiger partial charge is 0.472 e. The lowest BCUT2D eigenvalue weighted by molar-refractivity contribution is -0.870. The van der Waals surface area contributed by atoms with E-state index in [1.807, 2.05) is 27.2 Å². The SMILES string of the molecule is CCC/C=C/CC/C=C/C(O)C(COP(=O)(O)OCC[N+](C)(C)C)NC(=O)CCCCCCCCCCCCCCCCCCC/C=C\C/C=C\CCCCCCC. The third-order valence-corrected chi connectivity index (χ3v) is 11.5. The van der Waals surface area contributed by atoms with Crippen LogP contribution in [0, 0.1) is 0 Å². The van der Waals surface area contributed by atoms with Crippen molar-refractivity contribution in [2.24, 2.45) is 0 Å². The van der Waals surface area contributed by atoms with E-state index < -0.39 is 20.0 Å². The summed E-state index contributed by atoms with van der Waals surface area (Å²) in [6, 6.07) is -0.859. The smallest absolute Gasteiger partial charge is 0.387 e. The quantitative estimate of drug-likeness (QED) is 0.0244. The first-order chi connectivity index (χ1) is 28.0. The molecule has 3 unspecified atom stereocenters. The molecule has 0 aromatic heterocycles. The summed E-state index contributed by atoms with van der Waals surface area (Å²) in [4.78, 5) is 23.0. The van der Waals surface area contributed by atoms with Crippen LogP contribution in [0.4, 0.5) is 0 Å². The first kappa shape index (κ1) is 56.5. The van der Waals surface area contributed by atoms with Crippen molar-refractivity contribution in [3.8, 4) is 0 Å². The molecule has 0 bridgehead atoms. The zero-order valence-corrected chi connectivity index (χ0v) is 39.4. The molecule has 9 heteroatoms. The maximum atomic E-state index is 12.8. The van der Waals surface area contributed by atoms with Crippen LogP contribution < -0.4 is 5.32 Å². The second-order valence-electron chi connectivity index (χ2n) is 17.5. The van der Waals surface area contributed by atoms with Gasteiger partial charge in [-0.25, -0.2) is 4.57 Å². The van der Waals surface area contributed by atoms with E-state index in [4.69, 9.17) is 9.05 Å². The summed E-state index contributed by atoms with van der Waals surface area (Å²) in [5.41, 5.74) is 0. The molecule has 0 aliphatic carbocycles. The van der Waals surface area contributed by atoms with E-state index in [0.29, 0.717) is 17.4 Å². The Morgan fingerprint density at radius 3 is 1.53 bits per heavy atom. The Hall–Kier alpha value is -1.54. The molecular formula is C49H94N2O6P+. The van der Waals surface area contributed by atoms with Crippen LogP contribution in [0.5, 0.6) is 0 Å². The maximum absolute atomic E-state index is 12.8. The molecule has 0 radical (unpaired) electrons. The molecule has 3 N–H and O–H groups in total. The van der Waals surface area contributed by atoms with Gasteiger partial charge < -0.3 is 19.8 Å². The van der Waals surface area contributed by atoms with E-state index >= 15 is 0 Å². The molecule has 0 heterocycles. The van der Waals surface area contributed by atoms with Crippen LogP contribution in [0.1, 0.15) is 206 Å². The predicted molar refractivity (Wildman–Crippen MR) is 249 cm³/mol. The number of nitrogens with zero attached hydrogens (tertiary/aromatic N) is 1. The monoisotopic (exact) mass is 838 g/mol. The number of phosphoric ester groups is 1. The highest BCUT2D eigenvalue weighted by molar-refractivity contribution is 7.47. The topological polar surface area (TPSA) is 105 Å². The number of hydrogen-bond donors (Lipinski definition) is 3. The average molecular weight is 838 g/mol. The van der Waals surface area contributed by atoms with Crippen LogP contribution in [-0.2, 0) is 18.4 Å². The minimum atomic E-state index is -4.34. The Balaban J connectivity index is 3.98. The number of quaternary nitrogens is 1. The molecule has 3 atom stereocenters. The van der Waals surface area contributed by atoms with Crippen molar-refractivity contribution in [2.75, 3.05) is 40.9 Å². The Morgan fingerprint density at radius 2 is 1.03 bits per heavy atom. The highest BCUT2D eigenvalue weighted by Crippen LogP contribution is 2.43. The van der Waals surface area contributed by atoms with Gasteiger partial charge in [-0.1, -0.05) is 191 Å². The number of carbonyl (C=O) groups is 1. The predicted octanol–water partition coefficient (Wildman–Crippen LogP) is 13.6. The highest BCUT2D eigenvalue weighted by Gasteiger charge is 2.27. The number of unbranched alkanes of at least 4 members (excludes halogenated alkanes) is 24. The summed E-state index contributed by atoms with van der Waals surface area (Å²) in [6.45, 7) is 4.67. The maximum Gasteiger partial charge on any atom is 0.472 e. The molecule has 340 valence electrons. The minimum absolute atomic E-state index is 0.0553. The zero-order valence-electron chi connectivity index (χ0n) is 38.5. The molecule has 0 aliphatic rings. The first-order valence-corrected chi connectivity index (χ1v) is 25.5. The van der Waals surface area contributed by atoms with E-state index in [1.54, 1.807) is 6.08 Å². The summed E-state index contributed by atoms with van der Waals surface area (Å²) in [7, 11) is 1.55. The number of nitrogens with one attached hydrogen (secondary N) is 1. The van der Waals surface area contributed by atoms with Crippen LogP contribution in [0.3, 0.4) is 0 Å². The van der Waals surface area contributed by atoms with Crippen LogP contribution in [0.25, 0.3) is 0 Å². The van der Waals surface area contributed by atoms with Gasteiger partial charge in [-0.05, 0) is 57.8 Å². The normalized spacial score (nSPS) is 14.7. The number of aliphatic hydroxyl groups excluding tert-OH is 1. The molecular weight excluding hydrogens is 744 g/mol. The van der Waals surface area contributed by atoms with E-state index in [9.17, 15) is 19.4 Å². The van der Waals surface area contributed by atoms with Crippen molar-refractivity contribution in [1.82, 2.24) is 5.32 Å². The molecule has 0 saturated heterocycles. The second kappa shape index (κ2) is 40.8. The molecule has 0 aromatic rings. The summed E-state index contributed by atoms with van der Waals surface area (Å²) < 4.78 is 23.4. The Morgan fingerprint density at radius 1 is 0.586 bits per heavy atom. The van der Waals surface area contributed by atoms with Crippen LogP contribution >= 0.6 is 7.82 Å². The molecule has 0 saturated carbocycles. The van der Waals surface area contributed by atoms with Gasteiger partial charge in [0.25, 0.3) is 0 Å². The lowest BCUT2D eigenvalue weighted by Crippen LogP contribution is -2.45. The van der Waals surface area contributed by atoms with Crippen molar-refractivity contribution < 1.29 is 32.9 Å². The molecule has 0 aliphatic heterocycles. The number of phosphoric acid groups is 1. The van der Waals surface area contributed by atoms with Gasteiger partial charge in [0.05, 0.1) is 39.9 Å². The van der Waals surface area contributed by atoms with Gasteiger partial charge in [0.15, 0.2) is 0 Å². The number of allylic oxidation sites excluding steroid dienone is 7. The van der Waals surface area contributed by atoms with Crippen LogP contribution in [0.2, 0.25) is 0 Å².